The summed E-state index contributed by atoms with van der Waals surface area (Å²) < 4.78 is 4.97. The van der Waals surface area contributed by atoms with Crippen LogP contribution in [0.3, 0.4) is 0 Å². The van der Waals surface area contributed by atoms with E-state index >= 15 is 0 Å². The molecule has 0 spiro atoms. The lowest BCUT2D eigenvalue weighted by Crippen LogP contribution is -2.54. The number of amides is 1. The van der Waals surface area contributed by atoms with E-state index in [9.17, 15) is 4.79 Å². The van der Waals surface area contributed by atoms with Crippen molar-refractivity contribution in [3.63, 3.8) is 0 Å². The van der Waals surface area contributed by atoms with Gasteiger partial charge >= 0.3 is 0 Å². The minimum absolute atomic E-state index is 0.264. The Morgan fingerprint density at radius 1 is 1.56 bits per heavy atom. The SMILES string of the molecule is COCCSCCC1CCCC1(N)C(N)=O. The van der Waals surface area contributed by atoms with Crippen molar-refractivity contribution in [1.29, 1.82) is 0 Å². The summed E-state index contributed by atoms with van der Waals surface area (Å²) in [5, 5.41) is 0. The van der Waals surface area contributed by atoms with E-state index in [1.165, 1.54) is 0 Å². The highest BCUT2D eigenvalue weighted by Gasteiger charge is 2.43. The fraction of sp³-hybridized carbons (Fsp3) is 0.909. The molecule has 0 aromatic carbocycles. The maximum Gasteiger partial charge on any atom is 0.237 e. The summed E-state index contributed by atoms with van der Waals surface area (Å²) in [6.07, 6.45) is 3.78. The largest absolute Gasteiger partial charge is 0.384 e. The molecule has 0 heterocycles. The third-order valence-electron chi connectivity index (χ3n) is 3.37. The zero-order chi connectivity index (χ0) is 12.0. The van der Waals surface area contributed by atoms with Crippen molar-refractivity contribution in [2.45, 2.75) is 31.2 Å². The van der Waals surface area contributed by atoms with Crippen LogP contribution in [-0.4, -0.2) is 36.7 Å². The van der Waals surface area contributed by atoms with Gasteiger partial charge in [-0.25, -0.2) is 0 Å². The number of carbonyl (C=O) groups excluding carboxylic acids is 1. The Kier molecular flexibility index (Phi) is 5.58. The molecule has 0 aromatic heterocycles. The zero-order valence-electron chi connectivity index (χ0n) is 9.91. The second-order valence-electron chi connectivity index (χ2n) is 4.39. The van der Waals surface area contributed by atoms with Crippen molar-refractivity contribution >= 4 is 17.7 Å². The number of thioether (sulfide) groups is 1. The second-order valence-corrected chi connectivity index (χ2v) is 5.61. The highest BCUT2D eigenvalue weighted by atomic mass is 32.2. The summed E-state index contributed by atoms with van der Waals surface area (Å²) in [4.78, 5) is 11.3. The monoisotopic (exact) mass is 246 g/mol. The van der Waals surface area contributed by atoms with Gasteiger partial charge in [0.2, 0.25) is 5.91 Å². The van der Waals surface area contributed by atoms with Crippen molar-refractivity contribution in [3.8, 4) is 0 Å². The molecule has 0 radical (unpaired) electrons. The molecule has 4 nitrogen and oxygen atoms in total. The number of rotatable bonds is 7. The molecule has 2 atom stereocenters. The summed E-state index contributed by atoms with van der Waals surface area (Å²) in [5.41, 5.74) is 10.7. The predicted molar refractivity (Wildman–Crippen MR) is 67.3 cm³/mol. The Morgan fingerprint density at radius 2 is 2.31 bits per heavy atom. The van der Waals surface area contributed by atoms with Gasteiger partial charge in [0.15, 0.2) is 0 Å². The molecule has 5 heteroatoms. The van der Waals surface area contributed by atoms with E-state index in [-0.39, 0.29) is 11.8 Å². The van der Waals surface area contributed by atoms with Crippen LogP contribution in [0, 0.1) is 5.92 Å². The summed E-state index contributed by atoms with van der Waals surface area (Å²) in [6.45, 7) is 0.777. The molecule has 0 bridgehead atoms. The summed E-state index contributed by atoms with van der Waals surface area (Å²) >= 11 is 1.84. The van der Waals surface area contributed by atoms with E-state index < -0.39 is 5.54 Å². The molecule has 1 fully saturated rings. The Hall–Kier alpha value is -0.260. The summed E-state index contributed by atoms with van der Waals surface area (Å²) in [7, 11) is 1.70. The minimum Gasteiger partial charge on any atom is -0.384 e. The van der Waals surface area contributed by atoms with Gasteiger partial charge in [-0.1, -0.05) is 6.42 Å². The molecule has 94 valence electrons. The molecule has 1 aliphatic rings. The Bertz CT molecular complexity index is 238. The number of hydrogen-bond acceptors (Lipinski definition) is 4. The van der Waals surface area contributed by atoms with Crippen molar-refractivity contribution in [2.75, 3.05) is 25.2 Å². The van der Waals surface area contributed by atoms with E-state index in [1.54, 1.807) is 7.11 Å². The Balaban J connectivity index is 2.28. The van der Waals surface area contributed by atoms with Crippen LogP contribution >= 0.6 is 11.8 Å². The molecule has 0 aliphatic heterocycles. The topological polar surface area (TPSA) is 78.3 Å². The average molecular weight is 246 g/mol. The van der Waals surface area contributed by atoms with Gasteiger partial charge in [0.25, 0.3) is 0 Å². The maximum atomic E-state index is 11.3. The smallest absolute Gasteiger partial charge is 0.237 e. The van der Waals surface area contributed by atoms with Crippen LogP contribution in [0.2, 0.25) is 0 Å². The predicted octanol–water partition coefficient (Wildman–Crippen LogP) is 0.739. The molecule has 2 unspecified atom stereocenters. The van der Waals surface area contributed by atoms with Gasteiger partial charge < -0.3 is 16.2 Å². The average Bonchev–Trinajstić information content (AvgIpc) is 2.61. The van der Waals surface area contributed by atoms with Crippen LogP contribution in [0.4, 0.5) is 0 Å². The van der Waals surface area contributed by atoms with Gasteiger partial charge in [0, 0.05) is 12.9 Å². The van der Waals surface area contributed by atoms with Gasteiger partial charge in [-0.15, -0.1) is 0 Å². The third kappa shape index (κ3) is 3.37. The van der Waals surface area contributed by atoms with Crippen LogP contribution in [0.5, 0.6) is 0 Å². The number of hydrogen-bond donors (Lipinski definition) is 2. The number of nitrogens with two attached hydrogens (primary N) is 2. The number of primary amides is 1. The van der Waals surface area contributed by atoms with E-state index in [4.69, 9.17) is 16.2 Å². The first-order valence-electron chi connectivity index (χ1n) is 5.76. The first kappa shape index (κ1) is 13.8. The molecule has 0 saturated heterocycles. The molecule has 1 rings (SSSR count). The molecule has 16 heavy (non-hydrogen) atoms. The summed E-state index contributed by atoms with van der Waals surface area (Å²) in [6, 6.07) is 0. The van der Waals surface area contributed by atoms with E-state index in [2.05, 4.69) is 0 Å². The van der Waals surface area contributed by atoms with Crippen molar-refractivity contribution in [1.82, 2.24) is 0 Å². The van der Waals surface area contributed by atoms with Gasteiger partial charge in [-0.2, -0.15) is 11.8 Å². The minimum atomic E-state index is -0.748. The fourth-order valence-corrected chi connectivity index (χ4v) is 3.24. The molecule has 1 saturated carbocycles. The Morgan fingerprint density at radius 3 is 2.94 bits per heavy atom. The first-order chi connectivity index (χ1) is 7.61. The second kappa shape index (κ2) is 6.47. The van der Waals surface area contributed by atoms with Crippen LogP contribution in [0.15, 0.2) is 0 Å². The lowest BCUT2D eigenvalue weighted by molar-refractivity contribution is -0.124. The molecule has 1 aliphatic carbocycles. The van der Waals surface area contributed by atoms with Crippen LogP contribution in [-0.2, 0) is 9.53 Å². The van der Waals surface area contributed by atoms with Gasteiger partial charge in [0.1, 0.15) is 0 Å². The normalized spacial score (nSPS) is 29.5. The van der Waals surface area contributed by atoms with Crippen LogP contribution < -0.4 is 11.5 Å². The van der Waals surface area contributed by atoms with E-state index in [1.807, 2.05) is 11.8 Å². The standard InChI is InChI=1S/C11H22N2O2S/c1-15-6-8-16-7-4-9-3-2-5-11(9,13)10(12)14/h9H,2-8,13H2,1H3,(H2,12,14). The van der Waals surface area contributed by atoms with E-state index in [0.717, 1.165) is 43.8 Å². The van der Waals surface area contributed by atoms with Crippen LogP contribution in [0.25, 0.3) is 0 Å². The quantitative estimate of drug-likeness (QED) is 0.649. The lowest BCUT2D eigenvalue weighted by atomic mass is 9.85. The number of ether oxygens (including phenoxy) is 1. The highest BCUT2D eigenvalue weighted by Crippen LogP contribution is 2.36. The lowest BCUT2D eigenvalue weighted by Gasteiger charge is -2.27. The van der Waals surface area contributed by atoms with Crippen LogP contribution in [0.1, 0.15) is 25.7 Å². The van der Waals surface area contributed by atoms with Gasteiger partial charge in [-0.05, 0) is 30.9 Å². The molecular formula is C11H22N2O2S. The van der Waals surface area contributed by atoms with Crippen molar-refractivity contribution in [2.24, 2.45) is 17.4 Å². The highest BCUT2D eigenvalue weighted by molar-refractivity contribution is 7.99. The fourth-order valence-electron chi connectivity index (χ4n) is 2.30. The van der Waals surface area contributed by atoms with Gasteiger partial charge in [0.05, 0.1) is 12.1 Å². The van der Waals surface area contributed by atoms with Gasteiger partial charge in [-0.3, -0.25) is 4.79 Å². The third-order valence-corrected chi connectivity index (χ3v) is 4.35. The molecular weight excluding hydrogens is 224 g/mol. The molecule has 0 aromatic rings. The van der Waals surface area contributed by atoms with E-state index in [0.29, 0.717) is 0 Å². The zero-order valence-corrected chi connectivity index (χ0v) is 10.7. The first-order valence-corrected chi connectivity index (χ1v) is 6.92. The number of methoxy groups -OCH3 is 1. The van der Waals surface area contributed by atoms with Crippen molar-refractivity contribution in [3.05, 3.63) is 0 Å². The molecule has 1 amide bonds. The number of carbonyl (C=O) groups is 1. The van der Waals surface area contributed by atoms with Crippen molar-refractivity contribution < 1.29 is 9.53 Å². The Labute approximate surface area is 101 Å². The molecule has 4 N–H and O–H groups in total. The maximum absolute atomic E-state index is 11.3. The summed E-state index contributed by atoms with van der Waals surface area (Å²) in [5.74, 6) is 1.95.